The maximum Gasteiger partial charge on any atom is 0.129 e. The smallest absolute Gasteiger partial charge is 0.129 e. The Bertz CT molecular complexity index is 421. The molecule has 0 radical (unpaired) electrons. The zero-order valence-electron chi connectivity index (χ0n) is 13.3. The number of rotatable bonds is 3. The molecule has 3 heteroatoms. The summed E-state index contributed by atoms with van der Waals surface area (Å²) in [5.74, 6) is 1.84. The van der Waals surface area contributed by atoms with E-state index in [1.54, 1.807) is 0 Å². The Hall–Kier alpha value is -1.09. The van der Waals surface area contributed by atoms with Crippen LogP contribution >= 0.6 is 0 Å². The lowest BCUT2D eigenvalue weighted by atomic mass is 9.75. The number of aliphatic hydroxyl groups is 1. The van der Waals surface area contributed by atoms with E-state index >= 15 is 0 Å². The van der Waals surface area contributed by atoms with Gasteiger partial charge in [0.05, 0.1) is 6.61 Å². The van der Waals surface area contributed by atoms with Crippen LogP contribution in [0.1, 0.15) is 51.8 Å². The van der Waals surface area contributed by atoms with Gasteiger partial charge in [0, 0.05) is 18.8 Å². The number of aryl methyl sites for hydroxylation is 1. The van der Waals surface area contributed by atoms with Gasteiger partial charge >= 0.3 is 0 Å². The van der Waals surface area contributed by atoms with E-state index in [1.165, 1.54) is 12.8 Å². The number of aliphatic hydroxyl groups excluding tert-OH is 1. The van der Waals surface area contributed by atoms with Crippen molar-refractivity contribution in [3.63, 3.8) is 0 Å². The molecule has 112 valence electrons. The fourth-order valence-electron chi connectivity index (χ4n) is 3.04. The van der Waals surface area contributed by atoms with E-state index in [2.05, 4.69) is 32.6 Å². The molecule has 0 spiro atoms. The van der Waals surface area contributed by atoms with Crippen LogP contribution in [-0.4, -0.2) is 23.2 Å². The van der Waals surface area contributed by atoms with Crippen LogP contribution in [0.5, 0.6) is 0 Å². The second-order valence-electron chi connectivity index (χ2n) is 6.96. The van der Waals surface area contributed by atoms with Crippen molar-refractivity contribution in [1.29, 1.82) is 0 Å². The number of aromatic nitrogens is 1. The lowest BCUT2D eigenvalue weighted by Gasteiger charge is -2.39. The summed E-state index contributed by atoms with van der Waals surface area (Å²) in [5, 5.41) is 9.38. The van der Waals surface area contributed by atoms with Crippen molar-refractivity contribution < 1.29 is 5.11 Å². The van der Waals surface area contributed by atoms with E-state index in [4.69, 9.17) is 4.98 Å². The molecule has 1 fully saturated rings. The topological polar surface area (TPSA) is 36.4 Å². The Labute approximate surface area is 123 Å². The zero-order valence-corrected chi connectivity index (χ0v) is 13.3. The normalized spacial score (nSPS) is 17.6. The Morgan fingerprint density at radius 3 is 2.40 bits per heavy atom. The lowest BCUT2D eigenvalue weighted by Crippen LogP contribution is -2.38. The summed E-state index contributed by atoms with van der Waals surface area (Å²) in [7, 11) is 0. The number of nitrogens with zero attached hydrogens (tertiary/aromatic N) is 2. The van der Waals surface area contributed by atoms with Crippen molar-refractivity contribution in [3.05, 3.63) is 23.4 Å². The highest BCUT2D eigenvalue weighted by molar-refractivity contribution is 5.43. The lowest BCUT2D eigenvalue weighted by molar-refractivity contribution is 0.198. The predicted molar refractivity (Wildman–Crippen MR) is 83.9 cm³/mol. The number of piperidine rings is 1. The van der Waals surface area contributed by atoms with Crippen molar-refractivity contribution in [3.8, 4) is 0 Å². The van der Waals surface area contributed by atoms with Crippen LogP contribution < -0.4 is 4.90 Å². The van der Waals surface area contributed by atoms with Gasteiger partial charge in [-0.05, 0) is 48.3 Å². The molecule has 0 bridgehead atoms. The van der Waals surface area contributed by atoms with E-state index in [-0.39, 0.29) is 6.61 Å². The summed E-state index contributed by atoms with van der Waals surface area (Å²) in [6.07, 6.45) is 3.38. The molecule has 0 aliphatic carbocycles. The Morgan fingerprint density at radius 2 is 1.90 bits per heavy atom. The second-order valence-corrected chi connectivity index (χ2v) is 6.96. The first-order valence-electron chi connectivity index (χ1n) is 7.79. The van der Waals surface area contributed by atoms with Crippen LogP contribution in [0.2, 0.25) is 0 Å². The molecule has 0 unspecified atom stereocenters. The third kappa shape index (κ3) is 3.51. The molecule has 1 aliphatic heterocycles. The van der Waals surface area contributed by atoms with Gasteiger partial charge in [0.15, 0.2) is 0 Å². The van der Waals surface area contributed by atoms with Gasteiger partial charge in [0.1, 0.15) is 5.82 Å². The van der Waals surface area contributed by atoms with Crippen molar-refractivity contribution in [2.24, 2.45) is 11.3 Å². The maximum absolute atomic E-state index is 9.38. The van der Waals surface area contributed by atoms with Gasteiger partial charge in [-0.1, -0.05) is 27.7 Å². The van der Waals surface area contributed by atoms with Crippen molar-refractivity contribution >= 4 is 5.82 Å². The molecule has 1 N–H and O–H groups in total. The fourth-order valence-corrected chi connectivity index (χ4v) is 3.04. The summed E-state index contributed by atoms with van der Waals surface area (Å²) in [6, 6.07) is 4.04. The van der Waals surface area contributed by atoms with Crippen LogP contribution in [0, 0.1) is 11.3 Å². The first kappa shape index (κ1) is 15.3. The third-order valence-corrected chi connectivity index (χ3v) is 4.51. The molecule has 0 aromatic carbocycles. The molecular weight excluding hydrogens is 248 g/mol. The minimum atomic E-state index is 0.0982. The van der Waals surface area contributed by atoms with E-state index < -0.39 is 0 Å². The molecule has 0 atom stereocenters. The summed E-state index contributed by atoms with van der Waals surface area (Å²) in [4.78, 5) is 7.10. The number of hydrogen-bond acceptors (Lipinski definition) is 3. The molecule has 1 saturated heterocycles. The highest BCUT2D eigenvalue weighted by Crippen LogP contribution is 2.35. The quantitative estimate of drug-likeness (QED) is 0.919. The van der Waals surface area contributed by atoms with E-state index in [9.17, 15) is 5.11 Å². The van der Waals surface area contributed by atoms with Gasteiger partial charge in [-0.3, -0.25) is 0 Å². The molecule has 1 aromatic rings. The average molecular weight is 276 g/mol. The van der Waals surface area contributed by atoms with Gasteiger partial charge in [0.25, 0.3) is 0 Å². The van der Waals surface area contributed by atoms with Crippen LogP contribution in [0.15, 0.2) is 12.1 Å². The highest BCUT2D eigenvalue weighted by Gasteiger charge is 2.29. The predicted octanol–water partition coefficient (Wildman–Crippen LogP) is 3.40. The largest absolute Gasteiger partial charge is 0.392 e. The average Bonchev–Trinajstić information content (AvgIpc) is 2.46. The number of hydrogen-bond donors (Lipinski definition) is 1. The number of anilines is 1. The Balaban J connectivity index is 2.10. The van der Waals surface area contributed by atoms with E-state index in [0.29, 0.717) is 5.41 Å². The minimum absolute atomic E-state index is 0.0982. The summed E-state index contributed by atoms with van der Waals surface area (Å²) >= 11 is 0. The molecular formula is C17H28N2O. The molecule has 0 amide bonds. The van der Waals surface area contributed by atoms with Crippen LogP contribution in [0.4, 0.5) is 5.82 Å². The Morgan fingerprint density at radius 1 is 1.25 bits per heavy atom. The van der Waals surface area contributed by atoms with E-state index in [0.717, 1.165) is 42.5 Å². The molecule has 1 aliphatic rings. The van der Waals surface area contributed by atoms with Gasteiger partial charge in [-0.2, -0.15) is 0 Å². The van der Waals surface area contributed by atoms with Gasteiger partial charge in [0.2, 0.25) is 0 Å². The first-order valence-corrected chi connectivity index (χ1v) is 7.79. The first-order chi connectivity index (χ1) is 9.44. The molecule has 2 rings (SSSR count). The SMILES string of the molecule is CCc1cc(CO)cc(N2CCC(C(C)(C)C)CC2)n1. The molecule has 0 saturated carbocycles. The van der Waals surface area contributed by atoms with Crippen LogP contribution in [-0.2, 0) is 13.0 Å². The minimum Gasteiger partial charge on any atom is -0.392 e. The van der Waals surface area contributed by atoms with Crippen LogP contribution in [0.3, 0.4) is 0 Å². The molecule has 1 aromatic heterocycles. The summed E-state index contributed by atoms with van der Waals surface area (Å²) in [5.41, 5.74) is 2.45. The van der Waals surface area contributed by atoms with Gasteiger partial charge < -0.3 is 10.0 Å². The second kappa shape index (κ2) is 6.13. The molecule has 3 nitrogen and oxygen atoms in total. The molecule has 20 heavy (non-hydrogen) atoms. The highest BCUT2D eigenvalue weighted by atomic mass is 16.3. The summed E-state index contributed by atoms with van der Waals surface area (Å²) < 4.78 is 0. The summed E-state index contributed by atoms with van der Waals surface area (Å²) in [6.45, 7) is 11.4. The monoisotopic (exact) mass is 276 g/mol. The zero-order chi connectivity index (χ0) is 14.8. The van der Waals surface area contributed by atoms with Crippen molar-refractivity contribution in [1.82, 2.24) is 4.98 Å². The van der Waals surface area contributed by atoms with E-state index in [1.807, 2.05) is 12.1 Å². The number of pyridine rings is 1. The Kier molecular flexibility index (Phi) is 4.69. The van der Waals surface area contributed by atoms with Crippen LogP contribution in [0.25, 0.3) is 0 Å². The fraction of sp³-hybridized carbons (Fsp3) is 0.706. The van der Waals surface area contributed by atoms with Crippen molar-refractivity contribution in [2.45, 2.75) is 53.6 Å². The van der Waals surface area contributed by atoms with Gasteiger partial charge in [-0.25, -0.2) is 4.98 Å². The van der Waals surface area contributed by atoms with Crippen molar-refractivity contribution in [2.75, 3.05) is 18.0 Å². The van der Waals surface area contributed by atoms with Gasteiger partial charge in [-0.15, -0.1) is 0 Å². The maximum atomic E-state index is 9.38. The standard InChI is InChI=1S/C17H28N2O/c1-5-15-10-13(12-20)11-16(18-15)19-8-6-14(7-9-19)17(2,3)4/h10-11,14,20H,5-9,12H2,1-4H3. The molecule has 2 heterocycles. The third-order valence-electron chi connectivity index (χ3n) is 4.51.